The van der Waals surface area contributed by atoms with E-state index in [1.165, 1.54) is 14.0 Å². The molecule has 0 radical (unpaired) electrons. The summed E-state index contributed by atoms with van der Waals surface area (Å²) in [5.74, 6) is 1.11. The van der Waals surface area contributed by atoms with Gasteiger partial charge in [-0.2, -0.15) is 0 Å². The van der Waals surface area contributed by atoms with Crippen LogP contribution in [0.2, 0.25) is 25.7 Å². The van der Waals surface area contributed by atoms with Crippen molar-refractivity contribution >= 4 is 14.0 Å². The van der Waals surface area contributed by atoms with Crippen LogP contribution in [0.4, 0.5) is 0 Å². The van der Waals surface area contributed by atoms with E-state index < -0.39 is 8.07 Å². The molecule has 0 heterocycles. The van der Waals surface area contributed by atoms with E-state index in [1.807, 2.05) is 0 Å². The van der Waals surface area contributed by atoms with Crippen LogP contribution >= 0.6 is 0 Å². The van der Waals surface area contributed by atoms with Gasteiger partial charge in [-0.25, -0.2) is 0 Å². The lowest BCUT2D eigenvalue weighted by molar-refractivity contribution is -0.131. The van der Waals surface area contributed by atoms with Crippen LogP contribution < -0.4 is 14.2 Å². The Morgan fingerprint density at radius 3 is 2.48 bits per heavy atom. The van der Waals surface area contributed by atoms with E-state index in [0.29, 0.717) is 23.9 Å². The van der Waals surface area contributed by atoms with Crippen molar-refractivity contribution in [2.24, 2.45) is 0 Å². The third-order valence-corrected chi connectivity index (χ3v) is 4.39. The average molecular weight is 312 g/mol. The first kappa shape index (κ1) is 17.5. The molecule has 0 aliphatic heterocycles. The summed E-state index contributed by atoms with van der Waals surface area (Å²) in [6.45, 7) is 9.12. The lowest BCUT2D eigenvalue weighted by atomic mass is 10.3. The number of ether oxygens (including phenoxy) is 4. The van der Waals surface area contributed by atoms with Crippen molar-refractivity contribution < 1.29 is 23.7 Å². The second-order valence-corrected chi connectivity index (χ2v) is 11.5. The molecule has 0 atom stereocenters. The van der Waals surface area contributed by atoms with Crippen molar-refractivity contribution in [1.29, 1.82) is 0 Å². The molecule has 0 fully saturated rings. The van der Waals surface area contributed by atoms with Crippen LogP contribution in [-0.4, -0.2) is 34.6 Å². The summed E-state index contributed by atoms with van der Waals surface area (Å²) >= 11 is 0. The molecule has 0 amide bonds. The highest BCUT2D eigenvalue weighted by Gasteiger charge is 2.12. The molecule has 6 heteroatoms. The number of esters is 1. The maximum Gasteiger partial charge on any atom is 0.308 e. The van der Waals surface area contributed by atoms with Gasteiger partial charge in [-0.15, -0.1) is 0 Å². The monoisotopic (exact) mass is 312 g/mol. The van der Waals surface area contributed by atoms with E-state index in [1.54, 1.807) is 18.2 Å². The molecule has 0 saturated heterocycles. The van der Waals surface area contributed by atoms with Crippen LogP contribution in [0, 0.1) is 0 Å². The van der Waals surface area contributed by atoms with Crippen LogP contribution in [0.1, 0.15) is 6.92 Å². The van der Waals surface area contributed by atoms with Gasteiger partial charge in [0.2, 0.25) is 0 Å². The minimum Gasteiger partial charge on any atom is -0.493 e. The highest BCUT2D eigenvalue weighted by Crippen LogP contribution is 2.31. The molecule has 0 aromatic heterocycles. The molecule has 0 saturated carbocycles. The summed E-state index contributed by atoms with van der Waals surface area (Å²) in [4.78, 5) is 10.9. The Morgan fingerprint density at radius 1 is 1.19 bits per heavy atom. The minimum absolute atomic E-state index is 0.174. The third kappa shape index (κ3) is 7.15. The number of rotatable bonds is 8. The van der Waals surface area contributed by atoms with Crippen molar-refractivity contribution in [3.8, 4) is 17.2 Å². The number of carbonyl (C=O) groups is 1. The Kier molecular flexibility index (Phi) is 6.71. The van der Waals surface area contributed by atoms with Crippen LogP contribution in [-0.2, 0) is 9.53 Å². The van der Waals surface area contributed by atoms with Crippen molar-refractivity contribution in [2.45, 2.75) is 32.6 Å². The van der Waals surface area contributed by atoms with Crippen LogP contribution in [0.15, 0.2) is 18.2 Å². The predicted octanol–water partition coefficient (Wildman–Crippen LogP) is 3.31. The molecular weight excluding hydrogens is 288 g/mol. The first-order valence-corrected chi connectivity index (χ1v) is 10.6. The molecule has 0 unspecified atom stereocenters. The number of hydrogen-bond donors (Lipinski definition) is 0. The molecule has 0 spiro atoms. The minimum atomic E-state index is -1.08. The highest BCUT2D eigenvalue weighted by atomic mass is 28.3. The van der Waals surface area contributed by atoms with Gasteiger partial charge in [-0.05, 0) is 18.2 Å². The summed E-state index contributed by atoms with van der Waals surface area (Å²) < 4.78 is 21.2. The fourth-order valence-corrected chi connectivity index (χ4v) is 2.30. The third-order valence-electron chi connectivity index (χ3n) is 2.69. The number of hydrogen-bond acceptors (Lipinski definition) is 5. The summed E-state index contributed by atoms with van der Waals surface area (Å²) in [5, 5.41) is 0. The molecule has 5 nitrogen and oxygen atoms in total. The van der Waals surface area contributed by atoms with Crippen LogP contribution in [0.25, 0.3) is 0 Å². The summed E-state index contributed by atoms with van der Waals surface area (Å²) in [5.41, 5.74) is 0. The van der Waals surface area contributed by atoms with Gasteiger partial charge >= 0.3 is 5.97 Å². The Labute approximate surface area is 127 Å². The maximum atomic E-state index is 10.9. The van der Waals surface area contributed by atoms with E-state index in [0.717, 1.165) is 6.04 Å². The standard InChI is InChI=1S/C15H24O5Si/c1-12(16)20-13-6-7-14(15(10-13)17-2)19-11-18-8-9-21(3,4)5/h6-7,10H,8-9,11H2,1-5H3. The van der Waals surface area contributed by atoms with E-state index in [4.69, 9.17) is 18.9 Å². The topological polar surface area (TPSA) is 54.0 Å². The largest absolute Gasteiger partial charge is 0.493 e. The van der Waals surface area contributed by atoms with Gasteiger partial charge in [0.25, 0.3) is 0 Å². The lowest BCUT2D eigenvalue weighted by Crippen LogP contribution is -2.22. The molecule has 0 bridgehead atoms. The van der Waals surface area contributed by atoms with Gasteiger partial charge in [0, 0.05) is 27.7 Å². The van der Waals surface area contributed by atoms with E-state index in [-0.39, 0.29) is 12.8 Å². The summed E-state index contributed by atoms with van der Waals surface area (Å²) in [6, 6.07) is 6.05. The van der Waals surface area contributed by atoms with Crippen molar-refractivity contribution in [3.05, 3.63) is 18.2 Å². The molecule has 0 aliphatic rings. The molecule has 1 aromatic carbocycles. The fraction of sp³-hybridized carbons (Fsp3) is 0.533. The molecule has 1 rings (SSSR count). The van der Waals surface area contributed by atoms with Gasteiger partial charge in [0.05, 0.1) is 7.11 Å². The average Bonchev–Trinajstić information content (AvgIpc) is 2.37. The predicted molar refractivity (Wildman–Crippen MR) is 83.9 cm³/mol. The number of carbonyl (C=O) groups excluding carboxylic acids is 1. The number of methoxy groups -OCH3 is 1. The Balaban J connectivity index is 2.49. The Bertz CT molecular complexity index is 468. The smallest absolute Gasteiger partial charge is 0.308 e. The van der Waals surface area contributed by atoms with Gasteiger partial charge in [-0.1, -0.05) is 19.6 Å². The number of benzene rings is 1. The second kappa shape index (κ2) is 8.04. The first-order chi connectivity index (χ1) is 9.81. The maximum absolute atomic E-state index is 10.9. The molecule has 1 aromatic rings. The zero-order chi connectivity index (χ0) is 15.9. The van der Waals surface area contributed by atoms with E-state index in [9.17, 15) is 4.79 Å². The summed E-state index contributed by atoms with van der Waals surface area (Å²) in [7, 11) is 0.452. The van der Waals surface area contributed by atoms with E-state index in [2.05, 4.69) is 19.6 Å². The van der Waals surface area contributed by atoms with Crippen LogP contribution in [0.5, 0.6) is 17.2 Å². The lowest BCUT2D eigenvalue weighted by Gasteiger charge is -2.16. The quantitative estimate of drug-likeness (QED) is 0.242. The SMILES string of the molecule is COc1cc(OC(C)=O)ccc1OCOCC[Si](C)(C)C. The van der Waals surface area contributed by atoms with Crippen molar-refractivity contribution in [1.82, 2.24) is 0 Å². The molecule has 0 aliphatic carbocycles. The fourth-order valence-electron chi connectivity index (χ4n) is 1.54. The van der Waals surface area contributed by atoms with Gasteiger partial charge in [-0.3, -0.25) is 4.79 Å². The van der Waals surface area contributed by atoms with Crippen LogP contribution in [0.3, 0.4) is 0 Å². The second-order valence-electron chi connectivity index (χ2n) is 5.89. The normalized spacial score (nSPS) is 11.1. The Hall–Kier alpha value is -1.53. The van der Waals surface area contributed by atoms with Gasteiger partial charge < -0.3 is 18.9 Å². The molecule has 118 valence electrons. The Morgan fingerprint density at radius 2 is 1.90 bits per heavy atom. The van der Waals surface area contributed by atoms with Gasteiger partial charge in [0.1, 0.15) is 5.75 Å². The molecular formula is C15H24O5Si. The zero-order valence-electron chi connectivity index (χ0n) is 13.4. The van der Waals surface area contributed by atoms with Gasteiger partial charge in [0.15, 0.2) is 18.3 Å². The summed E-state index contributed by atoms with van der Waals surface area (Å²) in [6.07, 6.45) is 0. The first-order valence-electron chi connectivity index (χ1n) is 6.89. The van der Waals surface area contributed by atoms with E-state index >= 15 is 0 Å². The molecule has 21 heavy (non-hydrogen) atoms. The zero-order valence-corrected chi connectivity index (χ0v) is 14.4. The highest BCUT2D eigenvalue weighted by molar-refractivity contribution is 6.76. The van der Waals surface area contributed by atoms with Crippen molar-refractivity contribution in [3.63, 3.8) is 0 Å². The van der Waals surface area contributed by atoms with Crippen molar-refractivity contribution in [2.75, 3.05) is 20.5 Å². The molecule has 0 N–H and O–H groups in total.